The number of nitrogens with zero attached hydrogens (tertiary/aromatic N) is 1. The number of rotatable bonds is 5. The molecule has 0 saturated heterocycles. The van der Waals surface area contributed by atoms with Crippen LogP contribution in [0.25, 0.3) is 5.52 Å². The molecule has 1 aromatic carbocycles. The summed E-state index contributed by atoms with van der Waals surface area (Å²) in [5, 5.41) is 0.748. The van der Waals surface area contributed by atoms with Gasteiger partial charge in [0.2, 0.25) is 0 Å². The smallest absolute Gasteiger partial charge is 0.310 e. The van der Waals surface area contributed by atoms with Crippen molar-refractivity contribution >= 4 is 32.9 Å². The van der Waals surface area contributed by atoms with Crippen molar-refractivity contribution in [2.24, 2.45) is 0 Å². The van der Waals surface area contributed by atoms with E-state index in [0.717, 1.165) is 0 Å². The number of benzene rings is 1. The van der Waals surface area contributed by atoms with Gasteiger partial charge in [0.15, 0.2) is 9.84 Å². The third-order valence-electron chi connectivity index (χ3n) is 4.27. The van der Waals surface area contributed by atoms with Gasteiger partial charge in [0, 0.05) is 11.2 Å². The molecule has 0 saturated carbocycles. The molecule has 0 radical (unpaired) electrons. The Balaban J connectivity index is 2.13. The van der Waals surface area contributed by atoms with Gasteiger partial charge in [0.05, 0.1) is 24.8 Å². The van der Waals surface area contributed by atoms with Crippen LogP contribution in [-0.2, 0) is 31.5 Å². The Bertz CT molecular complexity index is 1070. The van der Waals surface area contributed by atoms with Gasteiger partial charge in [-0.25, -0.2) is 8.42 Å². The zero-order chi connectivity index (χ0) is 18.9. The number of ether oxygens (including phenoxy) is 1. The number of hydrogen-bond acceptors (Lipinski definition) is 4. The molecule has 0 bridgehead atoms. The van der Waals surface area contributed by atoms with Crippen LogP contribution in [0.3, 0.4) is 0 Å². The number of fused-ring (bicyclic) bond motifs is 1. The minimum absolute atomic E-state index is 0.0202. The van der Waals surface area contributed by atoms with Gasteiger partial charge in [-0.2, -0.15) is 0 Å². The van der Waals surface area contributed by atoms with E-state index in [1.807, 2.05) is 6.07 Å². The van der Waals surface area contributed by atoms with E-state index in [4.69, 9.17) is 16.3 Å². The van der Waals surface area contributed by atoms with Crippen LogP contribution in [0, 0.1) is 6.92 Å². The predicted molar refractivity (Wildman–Crippen MR) is 100 cm³/mol. The van der Waals surface area contributed by atoms with E-state index >= 15 is 0 Å². The average Bonchev–Trinajstić information content (AvgIpc) is 2.89. The zero-order valence-corrected chi connectivity index (χ0v) is 16.0. The summed E-state index contributed by atoms with van der Waals surface area (Å²) in [4.78, 5) is 11.8. The van der Waals surface area contributed by atoms with Crippen LogP contribution >= 0.6 is 11.6 Å². The maximum absolute atomic E-state index is 13.1. The molecule has 3 aromatic rings. The van der Waals surface area contributed by atoms with Crippen molar-refractivity contribution in [3.05, 3.63) is 70.4 Å². The second-order valence-corrected chi connectivity index (χ2v) is 8.34. The van der Waals surface area contributed by atoms with Gasteiger partial charge in [-0.1, -0.05) is 29.8 Å². The Morgan fingerprint density at radius 1 is 1.15 bits per heavy atom. The fourth-order valence-corrected chi connectivity index (χ4v) is 5.00. The first-order valence-corrected chi connectivity index (χ1v) is 9.99. The number of sulfone groups is 1. The Morgan fingerprint density at radius 3 is 2.50 bits per heavy atom. The second-order valence-electron chi connectivity index (χ2n) is 6.00. The summed E-state index contributed by atoms with van der Waals surface area (Å²) in [6, 6.07) is 12.1. The minimum Gasteiger partial charge on any atom is -0.469 e. The van der Waals surface area contributed by atoms with Gasteiger partial charge < -0.3 is 9.14 Å². The molecule has 2 aromatic heterocycles. The number of aromatic nitrogens is 1. The van der Waals surface area contributed by atoms with Crippen LogP contribution < -0.4 is 0 Å². The first kappa shape index (κ1) is 18.5. The lowest BCUT2D eigenvalue weighted by molar-refractivity contribution is -0.139. The normalized spacial score (nSPS) is 11.7. The Hall–Kier alpha value is -2.31. The highest BCUT2D eigenvalue weighted by Gasteiger charge is 2.26. The zero-order valence-electron chi connectivity index (χ0n) is 14.4. The van der Waals surface area contributed by atoms with Gasteiger partial charge in [-0.3, -0.25) is 4.79 Å². The van der Waals surface area contributed by atoms with E-state index in [-0.39, 0.29) is 17.2 Å². The minimum atomic E-state index is -3.64. The second kappa shape index (κ2) is 7.13. The number of pyridine rings is 1. The van der Waals surface area contributed by atoms with E-state index in [0.29, 0.717) is 27.2 Å². The van der Waals surface area contributed by atoms with Crippen LogP contribution in [0.2, 0.25) is 5.02 Å². The lowest BCUT2D eigenvalue weighted by Gasteiger charge is -2.07. The largest absolute Gasteiger partial charge is 0.469 e. The molecule has 0 aliphatic rings. The lowest BCUT2D eigenvalue weighted by Crippen LogP contribution is -2.09. The first-order valence-electron chi connectivity index (χ1n) is 7.96. The summed E-state index contributed by atoms with van der Waals surface area (Å²) >= 11 is 5.87. The summed E-state index contributed by atoms with van der Waals surface area (Å²) < 4.78 is 32.6. The number of halogens is 1. The predicted octanol–water partition coefficient (Wildman–Crippen LogP) is 3.59. The maximum Gasteiger partial charge on any atom is 0.310 e. The quantitative estimate of drug-likeness (QED) is 0.623. The first-order chi connectivity index (χ1) is 12.3. The number of hydrogen-bond donors (Lipinski definition) is 0. The van der Waals surface area contributed by atoms with Crippen LogP contribution in [0.4, 0.5) is 0 Å². The standard InChI is InChI=1S/C19H18ClNO4S/c1-13-16(11-18(22)25-2)17-5-3-4-10-21(17)19(13)26(23,24)12-14-6-8-15(20)9-7-14/h3-10H,11-12H2,1-2H3. The molecular formula is C19H18ClNO4S. The molecule has 0 aliphatic heterocycles. The van der Waals surface area contributed by atoms with Gasteiger partial charge in [-0.15, -0.1) is 0 Å². The molecule has 0 unspecified atom stereocenters. The van der Waals surface area contributed by atoms with Crippen molar-refractivity contribution < 1.29 is 17.9 Å². The van der Waals surface area contributed by atoms with Gasteiger partial charge >= 0.3 is 5.97 Å². The van der Waals surface area contributed by atoms with Crippen LogP contribution in [-0.4, -0.2) is 25.9 Å². The van der Waals surface area contributed by atoms with E-state index in [9.17, 15) is 13.2 Å². The topological polar surface area (TPSA) is 64.9 Å². The van der Waals surface area contributed by atoms with Crippen molar-refractivity contribution in [1.82, 2.24) is 4.40 Å². The van der Waals surface area contributed by atoms with Gasteiger partial charge in [-0.05, 0) is 47.9 Å². The summed E-state index contributed by atoms with van der Waals surface area (Å²) in [6.45, 7) is 1.72. The third kappa shape index (κ3) is 3.48. The molecule has 3 rings (SSSR count). The van der Waals surface area contributed by atoms with Crippen molar-refractivity contribution in [2.75, 3.05) is 7.11 Å². The van der Waals surface area contributed by atoms with E-state index in [1.165, 1.54) is 7.11 Å². The summed E-state index contributed by atoms with van der Waals surface area (Å²) in [7, 11) is -2.32. The molecule has 0 N–H and O–H groups in total. The van der Waals surface area contributed by atoms with E-state index < -0.39 is 15.8 Å². The Kier molecular flexibility index (Phi) is 5.07. The molecule has 0 fully saturated rings. The third-order valence-corrected chi connectivity index (χ3v) is 6.33. The monoisotopic (exact) mass is 391 g/mol. The number of carbonyl (C=O) groups excluding carboxylic acids is 1. The molecule has 2 heterocycles. The van der Waals surface area contributed by atoms with Crippen LogP contribution in [0.15, 0.2) is 53.7 Å². The van der Waals surface area contributed by atoms with Crippen molar-refractivity contribution in [3.8, 4) is 0 Å². The summed E-state index contributed by atoms with van der Waals surface area (Å²) in [5.41, 5.74) is 2.56. The Labute approximate surface area is 157 Å². The van der Waals surface area contributed by atoms with Crippen molar-refractivity contribution in [3.63, 3.8) is 0 Å². The molecule has 0 spiro atoms. The molecule has 26 heavy (non-hydrogen) atoms. The number of methoxy groups -OCH3 is 1. The number of carbonyl (C=O) groups is 1. The summed E-state index contributed by atoms with van der Waals surface area (Å²) in [6.07, 6.45) is 1.71. The molecule has 136 valence electrons. The molecule has 7 heteroatoms. The van der Waals surface area contributed by atoms with Crippen LogP contribution in [0.1, 0.15) is 16.7 Å². The molecule has 5 nitrogen and oxygen atoms in total. The highest BCUT2D eigenvalue weighted by Crippen LogP contribution is 2.29. The SMILES string of the molecule is COC(=O)Cc1c(C)c(S(=O)(=O)Cc2ccc(Cl)cc2)n2ccccc12. The van der Waals surface area contributed by atoms with Gasteiger partial charge in [0.25, 0.3) is 0 Å². The highest BCUT2D eigenvalue weighted by molar-refractivity contribution is 7.90. The fourth-order valence-electron chi connectivity index (χ4n) is 3.06. The maximum atomic E-state index is 13.1. The average molecular weight is 392 g/mol. The molecule has 0 aliphatic carbocycles. The van der Waals surface area contributed by atoms with Crippen molar-refractivity contribution in [2.45, 2.75) is 24.1 Å². The van der Waals surface area contributed by atoms with Gasteiger partial charge in [0.1, 0.15) is 5.03 Å². The molecule has 0 atom stereocenters. The Morgan fingerprint density at radius 2 is 1.85 bits per heavy atom. The van der Waals surface area contributed by atoms with Crippen molar-refractivity contribution in [1.29, 1.82) is 0 Å². The molecule has 0 amide bonds. The van der Waals surface area contributed by atoms with E-state index in [1.54, 1.807) is 53.9 Å². The summed E-state index contributed by atoms with van der Waals surface area (Å²) in [5.74, 6) is -0.560. The lowest BCUT2D eigenvalue weighted by atomic mass is 10.1. The highest BCUT2D eigenvalue weighted by atomic mass is 35.5. The van der Waals surface area contributed by atoms with E-state index in [2.05, 4.69) is 0 Å². The fraction of sp³-hybridized carbons (Fsp3) is 0.211. The van der Waals surface area contributed by atoms with Crippen LogP contribution in [0.5, 0.6) is 0 Å². The number of esters is 1. The molecular weight excluding hydrogens is 374 g/mol.